The topological polar surface area (TPSA) is 129 Å². The molecule has 0 bridgehead atoms. The van der Waals surface area contributed by atoms with E-state index in [-0.39, 0.29) is 40.4 Å². The van der Waals surface area contributed by atoms with Crippen LogP contribution in [0.1, 0.15) is 51.5 Å². The summed E-state index contributed by atoms with van der Waals surface area (Å²) in [5.41, 5.74) is 0.516. The van der Waals surface area contributed by atoms with Crippen LogP contribution in [-0.4, -0.2) is 51.5 Å². The maximum Gasteiger partial charge on any atom is 0.360 e. The molecule has 2 aromatic heterocycles. The molecule has 0 radical (unpaired) electrons. The monoisotopic (exact) mass is 490 g/mol. The predicted octanol–water partition coefficient (Wildman–Crippen LogP) is 4.56. The van der Waals surface area contributed by atoms with Crippen LogP contribution >= 0.6 is 22.9 Å². The van der Waals surface area contributed by atoms with Crippen LogP contribution in [0.2, 0.25) is 5.02 Å². The number of nitrogens with zero attached hydrogens (tertiary/aromatic N) is 4. The van der Waals surface area contributed by atoms with Gasteiger partial charge in [0.25, 0.3) is 11.6 Å². The number of carbonyl (C=O) groups excluding carboxylic acids is 2. The smallest absolute Gasteiger partial charge is 0.360 e. The summed E-state index contributed by atoms with van der Waals surface area (Å²) in [6.07, 6.45) is 1.38. The number of nitro benzene ring substituents is 1. The molecule has 0 atom stereocenters. The van der Waals surface area contributed by atoms with Gasteiger partial charge in [-0.2, -0.15) is 0 Å². The van der Waals surface area contributed by atoms with Crippen LogP contribution in [0.15, 0.2) is 34.2 Å². The molecular weight excluding hydrogens is 472 g/mol. The quantitative estimate of drug-likeness (QED) is 0.279. The normalized spacial score (nSPS) is 14.3. The first-order valence-electron chi connectivity index (χ1n) is 10.2. The van der Waals surface area contributed by atoms with Gasteiger partial charge < -0.3 is 14.2 Å². The molecule has 33 heavy (non-hydrogen) atoms. The van der Waals surface area contributed by atoms with Crippen LogP contribution in [0.25, 0.3) is 11.5 Å². The Bertz CT molecular complexity index is 1200. The van der Waals surface area contributed by atoms with Gasteiger partial charge in [-0.15, -0.1) is 11.3 Å². The summed E-state index contributed by atoms with van der Waals surface area (Å²) in [7, 11) is 0. The minimum absolute atomic E-state index is 0.0908. The SMILES string of the molecule is CCOC(=O)c1cc(-c2csc(C3CCN(C(=O)c4cccc([N+](=O)[O-])c4Cl)CC3)n2)on1. The Kier molecular flexibility index (Phi) is 6.70. The number of nitro groups is 1. The molecule has 0 unspecified atom stereocenters. The first-order valence-corrected chi connectivity index (χ1v) is 11.5. The van der Waals surface area contributed by atoms with E-state index in [4.69, 9.17) is 20.9 Å². The molecule has 3 heterocycles. The molecule has 0 saturated carbocycles. The number of benzene rings is 1. The van der Waals surface area contributed by atoms with Gasteiger partial charge in [-0.25, -0.2) is 9.78 Å². The van der Waals surface area contributed by atoms with Crippen LogP contribution in [-0.2, 0) is 4.74 Å². The van der Waals surface area contributed by atoms with Crippen LogP contribution in [0, 0.1) is 10.1 Å². The third-order valence-electron chi connectivity index (χ3n) is 5.31. The summed E-state index contributed by atoms with van der Waals surface area (Å²) in [6, 6.07) is 5.73. The molecule has 1 amide bonds. The van der Waals surface area contributed by atoms with E-state index in [0.29, 0.717) is 37.4 Å². The van der Waals surface area contributed by atoms with Crippen molar-refractivity contribution in [2.75, 3.05) is 19.7 Å². The molecule has 12 heteroatoms. The molecule has 1 aliphatic heterocycles. The maximum atomic E-state index is 12.9. The van der Waals surface area contributed by atoms with Crippen molar-refractivity contribution in [3.05, 3.63) is 61.0 Å². The van der Waals surface area contributed by atoms with Crippen molar-refractivity contribution in [1.82, 2.24) is 15.0 Å². The second-order valence-electron chi connectivity index (χ2n) is 7.33. The van der Waals surface area contributed by atoms with Crippen molar-refractivity contribution in [2.24, 2.45) is 0 Å². The molecule has 10 nitrogen and oxygen atoms in total. The number of hydrogen-bond acceptors (Lipinski definition) is 9. The van der Waals surface area contributed by atoms with Crippen LogP contribution in [0.3, 0.4) is 0 Å². The molecule has 172 valence electrons. The van der Waals surface area contributed by atoms with E-state index in [1.54, 1.807) is 11.8 Å². The van der Waals surface area contributed by atoms with Crippen molar-refractivity contribution in [1.29, 1.82) is 0 Å². The van der Waals surface area contributed by atoms with E-state index in [2.05, 4.69) is 10.1 Å². The Morgan fingerprint density at radius 2 is 2.12 bits per heavy atom. The number of aromatic nitrogens is 2. The lowest BCUT2D eigenvalue weighted by Crippen LogP contribution is -2.38. The van der Waals surface area contributed by atoms with E-state index < -0.39 is 10.9 Å². The zero-order valence-electron chi connectivity index (χ0n) is 17.5. The number of thiazole rings is 1. The molecule has 1 aromatic carbocycles. The fourth-order valence-electron chi connectivity index (χ4n) is 3.61. The summed E-state index contributed by atoms with van der Waals surface area (Å²) in [5.74, 6) is -0.340. The number of rotatable bonds is 6. The minimum Gasteiger partial charge on any atom is -0.461 e. The molecule has 1 aliphatic rings. The van der Waals surface area contributed by atoms with Crippen LogP contribution < -0.4 is 0 Å². The molecule has 1 saturated heterocycles. The van der Waals surface area contributed by atoms with Gasteiger partial charge in [0.15, 0.2) is 11.5 Å². The fraction of sp³-hybridized carbons (Fsp3) is 0.333. The zero-order valence-corrected chi connectivity index (χ0v) is 19.1. The number of esters is 1. The summed E-state index contributed by atoms with van der Waals surface area (Å²) in [5, 5.41) is 17.4. The lowest BCUT2D eigenvalue weighted by atomic mass is 9.97. The average molecular weight is 491 g/mol. The first kappa shape index (κ1) is 22.9. The molecule has 0 N–H and O–H groups in total. The first-order chi connectivity index (χ1) is 15.9. The van der Waals surface area contributed by atoms with Gasteiger partial charge in [0.1, 0.15) is 10.7 Å². The predicted molar refractivity (Wildman–Crippen MR) is 120 cm³/mol. The molecular formula is C21H19ClN4O6S. The number of hydrogen-bond donors (Lipinski definition) is 0. The second kappa shape index (κ2) is 9.67. The summed E-state index contributed by atoms with van der Waals surface area (Å²) < 4.78 is 10.1. The highest BCUT2D eigenvalue weighted by molar-refractivity contribution is 7.10. The highest BCUT2D eigenvalue weighted by atomic mass is 35.5. The van der Waals surface area contributed by atoms with Gasteiger partial charge in [-0.3, -0.25) is 14.9 Å². The van der Waals surface area contributed by atoms with E-state index >= 15 is 0 Å². The molecule has 1 fully saturated rings. The second-order valence-corrected chi connectivity index (χ2v) is 8.60. The third-order valence-corrected chi connectivity index (χ3v) is 6.71. The van der Waals surface area contributed by atoms with Crippen molar-refractivity contribution >= 4 is 40.5 Å². The number of ether oxygens (including phenoxy) is 1. The summed E-state index contributed by atoms with van der Waals surface area (Å²) in [4.78, 5) is 41.4. The Morgan fingerprint density at radius 1 is 1.36 bits per heavy atom. The standard InChI is InChI=1S/C21H19ClN4O6S/c1-2-31-21(28)14-10-17(32-24-14)15-11-33-19(23-15)12-6-8-25(9-7-12)20(27)13-4-3-5-16(18(13)22)26(29)30/h3-5,10-12H,2,6-9H2,1H3. The fourth-order valence-corrected chi connectivity index (χ4v) is 4.87. The van der Waals surface area contributed by atoms with E-state index in [0.717, 1.165) is 5.01 Å². The van der Waals surface area contributed by atoms with Gasteiger partial charge in [0, 0.05) is 36.5 Å². The number of carbonyl (C=O) groups is 2. The number of piperidine rings is 1. The van der Waals surface area contributed by atoms with Crippen LogP contribution in [0.5, 0.6) is 0 Å². The Hall–Kier alpha value is -3.31. The van der Waals surface area contributed by atoms with Gasteiger partial charge in [-0.1, -0.05) is 22.8 Å². The van der Waals surface area contributed by atoms with E-state index in [1.165, 1.54) is 35.6 Å². The summed E-state index contributed by atoms with van der Waals surface area (Å²) >= 11 is 7.58. The van der Waals surface area contributed by atoms with Crippen molar-refractivity contribution in [2.45, 2.75) is 25.7 Å². The zero-order chi connectivity index (χ0) is 23.5. The molecule has 4 rings (SSSR count). The van der Waals surface area contributed by atoms with Gasteiger partial charge in [0.2, 0.25) is 0 Å². The van der Waals surface area contributed by atoms with Crippen molar-refractivity contribution < 1.29 is 23.8 Å². The van der Waals surface area contributed by atoms with Crippen molar-refractivity contribution in [3.63, 3.8) is 0 Å². The lowest BCUT2D eigenvalue weighted by molar-refractivity contribution is -0.384. The number of halogens is 1. The van der Waals surface area contributed by atoms with E-state index in [9.17, 15) is 19.7 Å². The molecule has 0 spiro atoms. The largest absolute Gasteiger partial charge is 0.461 e. The Morgan fingerprint density at radius 3 is 2.82 bits per heavy atom. The number of likely N-dealkylation sites (tertiary alicyclic amines) is 1. The Balaban J connectivity index is 1.41. The summed E-state index contributed by atoms with van der Waals surface area (Å²) in [6.45, 7) is 2.92. The highest BCUT2D eigenvalue weighted by Crippen LogP contribution is 2.35. The van der Waals surface area contributed by atoms with E-state index in [1.807, 2.05) is 5.38 Å². The lowest BCUT2D eigenvalue weighted by Gasteiger charge is -2.31. The average Bonchev–Trinajstić information content (AvgIpc) is 3.49. The van der Waals surface area contributed by atoms with Crippen molar-refractivity contribution in [3.8, 4) is 11.5 Å². The van der Waals surface area contributed by atoms with Gasteiger partial charge >= 0.3 is 5.97 Å². The maximum absolute atomic E-state index is 12.9. The van der Waals surface area contributed by atoms with Crippen LogP contribution in [0.4, 0.5) is 5.69 Å². The molecule has 0 aliphatic carbocycles. The van der Waals surface area contributed by atoms with Gasteiger partial charge in [-0.05, 0) is 25.8 Å². The molecule has 3 aromatic rings. The number of amides is 1. The minimum atomic E-state index is -0.602. The highest BCUT2D eigenvalue weighted by Gasteiger charge is 2.29. The van der Waals surface area contributed by atoms with Gasteiger partial charge in [0.05, 0.1) is 22.1 Å². The third kappa shape index (κ3) is 4.74. The Labute approximate surface area is 197 Å².